The minimum Gasteiger partial charge on any atom is -0.497 e. The second-order valence-corrected chi connectivity index (χ2v) is 9.78. The van der Waals surface area contributed by atoms with Crippen LogP contribution in [0.25, 0.3) is 11.0 Å². The number of rotatable bonds is 8. The van der Waals surface area contributed by atoms with Crippen molar-refractivity contribution in [3.05, 3.63) is 94.8 Å². The van der Waals surface area contributed by atoms with E-state index >= 15 is 0 Å². The molecular formula is C29H31ClN4O2. The SMILES string of the molecule is COc1ccc(CNC(=O)C2CCN(Cc3nc4ccccc4n3Cc3ccc(Cl)cc3)CC2)cc1. The molecule has 6 nitrogen and oxygen atoms in total. The number of hydrogen-bond donors (Lipinski definition) is 1. The van der Waals surface area contributed by atoms with Crippen LogP contribution < -0.4 is 10.1 Å². The number of imidazole rings is 1. The topological polar surface area (TPSA) is 59.4 Å². The molecule has 0 saturated carbocycles. The highest BCUT2D eigenvalue weighted by Gasteiger charge is 2.26. The third-order valence-corrected chi connectivity index (χ3v) is 7.19. The number of nitrogens with zero attached hydrogens (tertiary/aromatic N) is 3. The predicted molar refractivity (Wildman–Crippen MR) is 143 cm³/mol. The maximum absolute atomic E-state index is 12.8. The average molecular weight is 503 g/mol. The lowest BCUT2D eigenvalue weighted by molar-refractivity contribution is -0.126. The summed E-state index contributed by atoms with van der Waals surface area (Å²) >= 11 is 6.09. The first-order valence-corrected chi connectivity index (χ1v) is 12.8. The van der Waals surface area contributed by atoms with E-state index in [4.69, 9.17) is 21.3 Å². The Morgan fingerprint density at radius 3 is 2.39 bits per heavy atom. The molecule has 0 bridgehead atoms. The molecule has 0 aliphatic carbocycles. The summed E-state index contributed by atoms with van der Waals surface area (Å²) in [6.07, 6.45) is 1.71. The van der Waals surface area contributed by atoms with Gasteiger partial charge in [0.05, 0.1) is 24.7 Å². The molecule has 0 unspecified atom stereocenters. The number of hydrogen-bond acceptors (Lipinski definition) is 4. The molecule has 1 aliphatic rings. The number of likely N-dealkylation sites (tertiary alicyclic amines) is 1. The van der Waals surface area contributed by atoms with Crippen molar-refractivity contribution in [1.29, 1.82) is 0 Å². The van der Waals surface area contributed by atoms with Gasteiger partial charge in [-0.2, -0.15) is 0 Å². The number of halogens is 1. The van der Waals surface area contributed by atoms with E-state index in [2.05, 4.69) is 45.1 Å². The number of carbonyl (C=O) groups is 1. The zero-order valence-corrected chi connectivity index (χ0v) is 21.2. The third kappa shape index (κ3) is 5.72. The van der Waals surface area contributed by atoms with Crippen LogP contribution in [-0.2, 0) is 24.4 Å². The summed E-state index contributed by atoms with van der Waals surface area (Å²) in [7, 11) is 1.65. The Bertz CT molecular complexity index is 1310. The van der Waals surface area contributed by atoms with Gasteiger partial charge in [-0.25, -0.2) is 4.98 Å². The number of piperidine rings is 1. The largest absolute Gasteiger partial charge is 0.497 e. The van der Waals surface area contributed by atoms with Crippen LogP contribution in [0.5, 0.6) is 5.75 Å². The van der Waals surface area contributed by atoms with Crippen molar-refractivity contribution in [1.82, 2.24) is 19.8 Å². The Morgan fingerprint density at radius 1 is 0.972 bits per heavy atom. The van der Waals surface area contributed by atoms with E-state index in [9.17, 15) is 4.79 Å². The van der Waals surface area contributed by atoms with Crippen molar-refractivity contribution in [2.24, 2.45) is 5.92 Å². The zero-order chi connectivity index (χ0) is 24.9. The molecule has 5 rings (SSSR count). The van der Waals surface area contributed by atoms with Crippen LogP contribution >= 0.6 is 11.6 Å². The first-order chi connectivity index (χ1) is 17.6. The van der Waals surface area contributed by atoms with Gasteiger partial charge in [-0.15, -0.1) is 0 Å². The number of para-hydroxylation sites is 2. The number of benzene rings is 3. The van der Waals surface area contributed by atoms with Gasteiger partial charge in [0.25, 0.3) is 0 Å². The predicted octanol–water partition coefficient (Wildman–Crippen LogP) is 5.28. The molecule has 4 aromatic rings. The standard InChI is InChI=1S/C29H31ClN4O2/c1-36-25-12-8-21(9-13-25)18-31-29(35)23-14-16-33(17-15-23)20-28-32-26-4-2-3-5-27(26)34(28)19-22-6-10-24(30)11-7-22/h2-13,23H,14-20H2,1H3,(H,31,35). The highest BCUT2D eigenvalue weighted by Crippen LogP contribution is 2.23. The lowest BCUT2D eigenvalue weighted by Crippen LogP contribution is -2.40. The van der Waals surface area contributed by atoms with Crippen molar-refractivity contribution in [3.8, 4) is 5.75 Å². The molecule has 1 aromatic heterocycles. The van der Waals surface area contributed by atoms with Crippen LogP contribution in [0.15, 0.2) is 72.8 Å². The van der Waals surface area contributed by atoms with Gasteiger partial charge in [-0.1, -0.05) is 48.0 Å². The number of fused-ring (bicyclic) bond motifs is 1. The van der Waals surface area contributed by atoms with Gasteiger partial charge < -0.3 is 14.6 Å². The average Bonchev–Trinajstić information content (AvgIpc) is 3.26. The van der Waals surface area contributed by atoms with E-state index in [0.717, 1.165) is 72.2 Å². The molecule has 1 saturated heterocycles. The lowest BCUT2D eigenvalue weighted by atomic mass is 9.96. The van der Waals surface area contributed by atoms with Gasteiger partial charge in [0, 0.05) is 24.0 Å². The van der Waals surface area contributed by atoms with Gasteiger partial charge in [-0.3, -0.25) is 9.69 Å². The minimum atomic E-state index is 0.0485. The van der Waals surface area contributed by atoms with Crippen molar-refractivity contribution in [2.75, 3.05) is 20.2 Å². The van der Waals surface area contributed by atoms with E-state index in [1.54, 1.807) is 7.11 Å². The Kier molecular flexibility index (Phi) is 7.54. The summed E-state index contributed by atoms with van der Waals surface area (Å²) in [5, 5.41) is 3.85. The van der Waals surface area contributed by atoms with Crippen LogP contribution in [-0.4, -0.2) is 40.6 Å². The maximum Gasteiger partial charge on any atom is 0.223 e. The Labute approximate surface area is 216 Å². The molecule has 2 heterocycles. The molecule has 36 heavy (non-hydrogen) atoms. The van der Waals surface area contributed by atoms with Crippen LogP contribution in [0.3, 0.4) is 0 Å². The van der Waals surface area contributed by atoms with Crippen molar-refractivity contribution in [2.45, 2.75) is 32.5 Å². The fourth-order valence-electron chi connectivity index (χ4n) is 4.83. The number of ether oxygens (including phenoxy) is 1. The van der Waals surface area contributed by atoms with Gasteiger partial charge in [0.1, 0.15) is 11.6 Å². The minimum absolute atomic E-state index is 0.0485. The van der Waals surface area contributed by atoms with Crippen LogP contribution in [0.4, 0.5) is 0 Å². The van der Waals surface area contributed by atoms with E-state index in [0.29, 0.717) is 6.54 Å². The fourth-order valence-corrected chi connectivity index (χ4v) is 4.95. The van der Waals surface area contributed by atoms with E-state index in [1.165, 1.54) is 5.56 Å². The molecule has 0 radical (unpaired) electrons. The Morgan fingerprint density at radius 2 is 1.67 bits per heavy atom. The van der Waals surface area contributed by atoms with Crippen molar-refractivity contribution < 1.29 is 9.53 Å². The molecule has 0 atom stereocenters. The zero-order valence-electron chi connectivity index (χ0n) is 20.5. The first-order valence-electron chi connectivity index (χ1n) is 12.4. The summed E-state index contributed by atoms with van der Waals surface area (Å²) in [6, 6.07) is 24.1. The van der Waals surface area contributed by atoms with Gasteiger partial charge in [0.15, 0.2) is 0 Å². The van der Waals surface area contributed by atoms with Crippen molar-refractivity contribution in [3.63, 3.8) is 0 Å². The summed E-state index contributed by atoms with van der Waals surface area (Å²) in [5.74, 6) is 2.06. The number of methoxy groups -OCH3 is 1. The number of aromatic nitrogens is 2. The van der Waals surface area contributed by atoms with Crippen molar-refractivity contribution >= 4 is 28.5 Å². The molecule has 1 amide bonds. The maximum atomic E-state index is 12.8. The first kappa shape index (κ1) is 24.3. The number of amides is 1. The fraction of sp³-hybridized carbons (Fsp3) is 0.310. The summed E-state index contributed by atoms with van der Waals surface area (Å²) in [4.78, 5) is 20.1. The number of carbonyl (C=O) groups excluding carboxylic acids is 1. The highest BCUT2D eigenvalue weighted by molar-refractivity contribution is 6.30. The second kappa shape index (κ2) is 11.1. The molecule has 1 N–H and O–H groups in total. The molecule has 7 heteroatoms. The normalized spacial score (nSPS) is 14.7. The number of nitrogens with one attached hydrogen (secondary N) is 1. The van der Waals surface area contributed by atoms with E-state index in [-0.39, 0.29) is 11.8 Å². The summed E-state index contributed by atoms with van der Waals surface area (Å²) < 4.78 is 7.50. The van der Waals surface area contributed by atoms with Crippen LogP contribution in [0.1, 0.15) is 29.8 Å². The molecule has 0 spiro atoms. The highest BCUT2D eigenvalue weighted by atomic mass is 35.5. The molecule has 186 valence electrons. The van der Waals surface area contributed by atoms with E-state index in [1.807, 2.05) is 42.5 Å². The molecular weight excluding hydrogens is 472 g/mol. The monoisotopic (exact) mass is 502 g/mol. The Hall–Kier alpha value is -3.35. The smallest absolute Gasteiger partial charge is 0.223 e. The van der Waals surface area contributed by atoms with Crippen LogP contribution in [0, 0.1) is 5.92 Å². The van der Waals surface area contributed by atoms with Gasteiger partial charge >= 0.3 is 0 Å². The lowest BCUT2D eigenvalue weighted by Gasteiger charge is -2.31. The molecule has 3 aromatic carbocycles. The van der Waals surface area contributed by atoms with Crippen LogP contribution in [0.2, 0.25) is 5.02 Å². The third-order valence-electron chi connectivity index (χ3n) is 6.94. The summed E-state index contributed by atoms with van der Waals surface area (Å²) in [6.45, 7) is 3.81. The summed E-state index contributed by atoms with van der Waals surface area (Å²) in [5.41, 5.74) is 4.40. The second-order valence-electron chi connectivity index (χ2n) is 9.35. The van der Waals surface area contributed by atoms with Gasteiger partial charge in [0.2, 0.25) is 5.91 Å². The molecule has 1 fully saturated rings. The van der Waals surface area contributed by atoms with E-state index < -0.39 is 0 Å². The van der Waals surface area contributed by atoms with Gasteiger partial charge in [-0.05, 0) is 73.5 Å². The molecule has 1 aliphatic heterocycles. The quantitative estimate of drug-likeness (QED) is 0.356. The Balaban J connectivity index is 1.19.